The second-order valence-corrected chi connectivity index (χ2v) is 5.75. The fourth-order valence-corrected chi connectivity index (χ4v) is 2.64. The van der Waals surface area contributed by atoms with Crippen molar-refractivity contribution in [1.82, 2.24) is 25.2 Å². The van der Waals surface area contributed by atoms with E-state index in [0.29, 0.717) is 22.2 Å². The second kappa shape index (κ2) is 7.28. The fraction of sp³-hybridized carbons (Fsp3) is 0.0556. The van der Waals surface area contributed by atoms with E-state index in [1.54, 1.807) is 30.4 Å². The fourth-order valence-electron chi connectivity index (χ4n) is 2.34. The van der Waals surface area contributed by atoms with Crippen LogP contribution in [0.2, 0.25) is 5.02 Å². The number of hydrogen-bond acceptors (Lipinski definition) is 5. The summed E-state index contributed by atoms with van der Waals surface area (Å²) in [4.78, 5) is 17.9. The Morgan fingerprint density at radius 3 is 2.73 bits per heavy atom. The van der Waals surface area contributed by atoms with Gasteiger partial charge in [0.25, 0.3) is 11.7 Å². The van der Waals surface area contributed by atoms with Crippen molar-refractivity contribution in [2.75, 3.05) is 5.32 Å². The van der Waals surface area contributed by atoms with Crippen molar-refractivity contribution in [3.8, 4) is 5.69 Å². The normalized spacial score (nSPS) is 10.4. The summed E-state index contributed by atoms with van der Waals surface area (Å²) in [6.07, 6.45) is 3.25. The van der Waals surface area contributed by atoms with Crippen molar-refractivity contribution in [2.45, 2.75) is 6.92 Å². The SMILES string of the molecule is C=Cc1ccc(NC(=O)c2nnn(-c3c(C)cccc3Cl)n2)nc1C=C. The molecule has 1 aromatic carbocycles. The van der Waals surface area contributed by atoms with Crippen LogP contribution in [0.4, 0.5) is 5.82 Å². The van der Waals surface area contributed by atoms with Crippen LogP contribution in [-0.2, 0) is 0 Å². The standard InChI is InChI=1S/C18H15ClN6O/c1-4-12-9-10-15(20-14(12)5-2)21-18(26)17-22-24-25(23-17)16-11(3)7-6-8-13(16)19/h4-10H,1-2H2,3H3,(H,20,21,26). The topological polar surface area (TPSA) is 85.6 Å². The molecule has 8 heteroatoms. The van der Waals surface area contributed by atoms with Crippen LogP contribution < -0.4 is 5.32 Å². The maximum atomic E-state index is 12.4. The van der Waals surface area contributed by atoms with Crippen LogP contribution in [0.25, 0.3) is 17.8 Å². The summed E-state index contributed by atoms with van der Waals surface area (Å²) in [5.74, 6) is -0.283. The van der Waals surface area contributed by atoms with Gasteiger partial charge in [0.2, 0.25) is 0 Å². The van der Waals surface area contributed by atoms with Gasteiger partial charge in [-0.05, 0) is 47.5 Å². The summed E-state index contributed by atoms with van der Waals surface area (Å²) in [7, 11) is 0. The van der Waals surface area contributed by atoms with Gasteiger partial charge in [-0.1, -0.05) is 43.0 Å². The highest BCUT2D eigenvalue weighted by atomic mass is 35.5. The van der Waals surface area contributed by atoms with Crippen LogP contribution in [0, 0.1) is 6.92 Å². The molecule has 0 spiro atoms. The minimum atomic E-state index is -0.533. The van der Waals surface area contributed by atoms with Crippen LogP contribution in [-0.4, -0.2) is 31.1 Å². The number of para-hydroxylation sites is 1. The van der Waals surface area contributed by atoms with Crippen molar-refractivity contribution in [2.24, 2.45) is 0 Å². The molecule has 2 heterocycles. The Morgan fingerprint density at radius 2 is 2.04 bits per heavy atom. The molecule has 0 saturated carbocycles. The van der Waals surface area contributed by atoms with Gasteiger partial charge >= 0.3 is 0 Å². The average molecular weight is 367 g/mol. The van der Waals surface area contributed by atoms with Gasteiger partial charge in [0.15, 0.2) is 0 Å². The highest BCUT2D eigenvalue weighted by molar-refractivity contribution is 6.32. The second-order valence-electron chi connectivity index (χ2n) is 5.34. The van der Waals surface area contributed by atoms with E-state index in [2.05, 4.69) is 38.9 Å². The molecule has 0 radical (unpaired) electrons. The van der Waals surface area contributed by atoms with Gasteiger partial charge in [-0.3, -0.25) is 4.79 Å². The molecule has 2 aromatic heterocycles. The van der Waals surface area contributed by atoms with Crippen LogP contribution in [0.3, 0.4) is 0 Å². The minimum absolute atomic E-state index is 0.0981. The van der Waals surface area contributed by atoms with Gasteiger partial charge in [0.1, 0.15) is 11.5 Å². The van der Waals surface area contributed by atoms with E-state index in [-0.39, 0.29) is 5.82 Å². The van der Waals surface area contributed by atoms with Crippen molar-refractivity contribution in [1.29, 1.82) is 0 Å². The summed E-state index contributed by atoms with van der Waals surface area (Å²) in [5, 5.41) is 14.9. The van der Waals surface area contributed by atoms with Crippen molar-refractivity contribution < 1.29 is 4.79 Å². The lowest BCUT2D eigenvalue weighted by Crippen LogP contribution is -2.15. The van der Waals surface area contributed by atoms with Gasteiger partial charge in [-0.2, -0.15) is 0 Å². The Labute approximate surface area is 155 Å². The number of nitrogens with one attached hydrogen (secondary N) is 1. The predicted octanol–water partition coefficient (Wildman–Crippen LogP) is 3.56. The van der Waals surface area contributed by atoms with Crippen LogP contribution in [0.5, 0.6) is 0 Å². The molecule has 1 amide bonds. The van der Waals surface area contributed by atoms with Gasteiger partial charge < -0.3 is 5.32 Å². The number of pyridine rings is 1. The quantitative estimate of drug-likeness (QED) is 0.746. The van der Waals surface area contributed by atoms with E-state index >= 15 is 0 Å². The number of carbonyl (C=O) groups is 1. The van der Waals surface area contributed by atoms with E-state index in [9.17, 15) is 4.79 Å². The Morgan fingerprint density at radius 1 is 1.23 bits per heavy atom. The first kappa shape index (κ1) is 17.5. The van der Waals surface area contributed by atoms with E-state index in [1.165, 1.54) is 4.80 Å². The molecule has 0 saturated heterocycles. The molecule has 1 N–H and O–H groups in total. The zero-order valence-corrected chi connectivity index (χ0v) is 14.7. The molecule has 0 aliphatic heterocycles. The third kappa shape index (κ3) is 3.38. The summed E-state index contributed by atoms with van der Waals surface area (Å²) < 4.78 is 0. The minimum Gasteiger partial charge on any atom is -0.304 e. The Balaban J connectivity index is 1.85. The van der Waals surface area contributed by atoms with Gasteiger partial charge in [0, 0.05) is 0 Å². The molecule has 130 valence electrons. The van der Waals surface area contributed by atoms with Gasteiger partial charge in [-0.15, -0.1) is 15.0 Å². The molecule has 0 atom stereocenters. The largest absolute Gasteiger partial charge is 0.304 e. The summed E-state index contributed by atoms with van der Waals surface area (Å²) >= 11 is 6.19. The Hall–Kier alpha value is -3.32. The molecule has 7 nitrogen and oxygen atoms in total. The molecule has 0 bridgehead atoms. The van der Waals surface area contributed by atoms with Crippen molar-refractivity contribution in [3.05, 3.63) is 71.2 Å². The molecule has 0 unspecified atom stereocenters. The third-order valence-electron chi connectivity index (χ3n) is 3.62. The van der Waals surface area contributed by atoms with E-state index in [0.717, 1.165) is 11.1 Å². The lowest BCUT2D eigenvalue weighted by atomic mass is 10.2. The lowest BCUT2D eigenvalue weighted by Gasteiger charge is -2.06. The summed E-state index contributed by atoms with van der Waals surface area (Å²) in [6.45, 7) is 9.27. The number of carbonyl (C=O) groups excluding carboxylic acids is 1. The van der Waals surface area contributed by atoms with E-state index < -0.39 is 5.91 Å². The third-order valence-corrected chi connectivity index (χ3v) is 3.92. The monoisotopic (exact) mass is 366 g/mol. The maximum Gasteiger partial charge on any atom is 0.298 e. The molecular formula is C18H15ClN6O. The smallest absolute Gasteiger partial charge is 0.298 e. The zero-order chi connectivity index (χ0) is 18.7. The van der Waals surface area contributed by atoms with Crippen LogP contribution >= 0.6 is 11.6 Å². The molecule has 0 fully saturated rings. The van der Waals surface area contributed by atoms with Crippen LogP contribution in [0.15, 0.2) is 43.5 Å². The summed E-state index contributed by atoms with van der Waals surface area (Å²) in [6, 6.07) is 8.84. The first-order chi connectivity index (χ1) is 12.5. The lowest BCUT2D eigenvalue weighted by molar-refractivity contribution is 0.101. The number of halogens is 1. The summed E-state index contributed by atoms with van der Waals surface area (Å²) in [5.41, 5.74) is 2.86. The Kier molecular flexibility index (Phi) is 4.90. The molecular weight excluding hydrogens is 352 g/mol. The Bertz CT molecular complexity index is 990. The number of hydrogen-bond donors (Lipinski definition) is 1. The number of benzene rings is 1. The number of amides is 1. The van der Waals surface area contributed by atoms with E-state index in [1.807, 2.05) is 19.1 Å². The average Bonchev–Trinajstić information content (AvgIpc) is 3.11. The molecule has 0 aliphatic carbocycles. The first-order valence-electron chi connectivity index (χ1n) is 7.66. The molecule has 26 heavy (non-hydrogen) atoms. The number of anilines is 1. The zero-order valence-electron chi connectivity index (χ0n) is 14.0. The number of aromatic nitrogens is 5. The number of aryl methyl sites for hydroxylation is 1. The molecule has 0 aliphatic rings. The van der Waals surface area contributed by atoms with Gasteiger partial charge in [0.05, 0.1) is 10.7 Å². The van der Waals surface area contributed by atoms with Crippen molar-refractivity contribution in [3.63, 3.8) is 0 Å². The molecule has 3 rings (SSSR count). The highest BCUT2D eigenvalue weighted by Gasteiger charge is 2.17. The van der Waals surface area contributed by atoms with Crippen LogP contribution in [0.1, 0.15) is 27.4 Å². The first-order valence-corrected chi connectivity index (χ1v) is 8.04. The maximum absolute atomic E-state index is 12.4. The van der Waals surface area contributed by atoms with E-state index in [4.69, 9.17) is 11.6 Å². The number of rotatable bonds is 5. The highest BCUT2D eigenvalue weighted by Crippen LogP contribution is 2.22. The van der Waals surface area contributed by atoms with Crippen molar-refractivity contribution >= 4 is 35.5 Å². The number of tetrazole rings is 1. The predicted molar refractivity (Wildman–Crippen MR) is 101 cm³/mol. The van der Waals surface area contributed by atoms with Gasteiger partial charge in [-0.25, -0.2) is 4.98 Å². The molecule has 3 aromatic rings. The number of nitrogens with zero attached hydrogens (tertiary/aromatic N) is 5.